The Morgan fingerprint density at radius 3 is 2.70 bits per heavy atom. The van der Waals surface area contributed by atoms with Gasteiger partial charge in [-0.05, 0) is 36.2 Å². The van der Waals surface area contributed by atoms with Gasteiger partial charge >= 0.3 is 0 Å². The summed E-state index contributed by atoms with van der Waals surface area (Å²) in [5.41, 5.74) is 1.71. The molecule has 2 aromatic carbocycles. The molecule has 2 N–H and O–H groups in total. The minimum Gasteiger partial charge on any atom is -0.347 e. The number of amides is 1. The Labute approximate surface area is 155 Å². The summed E-state index contributed by atoms with van der Waals surface area (Å²) in [6.45, 7) is 5.31. The van der Waals surface area contributed by atoms with Gasteiger partial charge in [0, 0.05) is 34.7 Å². The van der Waals surface area contributed by atoms with E-state index >= 15 is 0 Å². The molecule has 0 aliphatic carbocycles. The molecule has 6 heteroatoms. The SMILES string of the molecule is CC(C)Cn1ccc2cc(NC(=O)c3n[nH]c(=O)c4ccccc34)ccc21. The molecule has 4 rings (SSSR count). The second-order valence-corrected chi connectivity index (χ2v) is 7.04. The quantitative estimate of drug-likeness (QED) is 0.581. The van der Waals surface area contributed by atoms with Crippen LogP contribution in [0.15, 0.2) is 59.5 Å². The van der Waals surface area contributed by atoms with Crippen LogP contribution in [0.2, 0.25) is 0 Å². The van der Waals surface area contributed by atoms with E-state index in [2.05, 4.69) is 40.1 Å². The van der Waals surface area contributed by atoms with Crippen LogP contribution >= 0.6 is 0 Å². The van der Waals surface area contributed by atoms with E-state index in [1.165, 1.54) is 0 Å². The molecule has 2 heterocycles. The van der Waals surface area contributed by atoms with Gasteiger partial charge in [-0.15, -0.1) is 0 Å². The third-order valence-electron chi connectivity index (χ3n) is 4.50. The number of aromatic amines is 1. The van der Waals surface area contributed by atoms with Crippen LogP contribution in [0.25, 0.3) is 21.7 Å². The molecule has 0 saturated heterocycles. The van der Waals surface area contributed by atoms with Crippen molar-refractivity contribution in [2.75, 3.05) is 5.32 Å². The number of nitrogens with one attached hydrogen (secondary N) is 2. The zero-order valence-corrected chi connectivity index (χ0v) is 15.2. The molecule has 0 spiro atoms. The van der Waals surface area contributed by atoms with E-state index in [1.54, 1.807) is 24.3 Å². The summed E-state index contributed by atoms with van der Waals surface area (Å²) in [5.74, 6) is 0.197. The molecule has 0 bridgehead atoms. The van der Waals surface area contributed by atoms with E-state index in [9.17, 15) is 9.59 Å². The van der Waals surface area contributed by atoms with Crippen molar-refractivity contribution >= 4 is 33.3 Å². The number of anilines is 1. The number of benzene rings is 2. The third kappa shape index (κ3) is 3.21. The molecule has 1 amide bonds. The van der Waals surface area contributed by atoms with E-state index in [0.29, 0.717) is 22.4 Å². The van der Waals surface area contributed by atoms with Crippen molar-refractivity contribution in [1.29, 1.82) is 0 Å². The maximum Gasteiger partial charge on any atom is 0.276 e. The smallest absolute Gasteiger partial charge is 0.276 e. The maximum absolute atomic E-state index is 12.7. The van der Waals surface area contributed by atoms with Crippen molar-refractivity contribution in [2.45, 2.75) is 20.4 Å². The molecular weight excluding hydrogens is 340 g/mol. The fourth-order valence-electron chi connectivity index (χ4n) is 3.31. The summed E-state index contributed by atoms with van der Waals surface area (Å²) in [4.78, 5) is 24.6. The summed E-state index contributed by atoms with van der Waals surface area (Å²) in [6.07, 6.45) is 2.06. The predicted molar refractivity (Wildman–Crippen MR) is 107 cm³/mol. The zero-order valence-electron chi connectivity index (χ0n) is 15.2. The number of carbonyl (C=O) groups excluding carboxylic acids is 1. The molecule has 6 nitrogen and oxygen atoms in total. The highest BCUT2D eigenvalue weighted by Gasteiger charge is 2.14. The minimum absolute atomic E-state index is 0.197. The normalized spacial score (nSPS) is 11.4. The third-order valence-corrected chi connectivity index (χ3v) is 4.50. The zero-order chi connectivity index (χ0) is 19.0. The van der Waals surface area contributed by atoms with Crippen LogP contribution in [-0.4, -0.2) is 20.7 Å². The number of fused-ring (bicyclic) bond motifs is 2. The van der Waals surface area contributed by atoms with E-state index in [4.69, 9.17) is 0 Å². The van der Waals surface area contributed by atoms with Crippen molar-refractivity contribution in [2.24, 2.45) is 5.92 Å². The van der Waals surface area contributed by atoms with Crippen molar-refractivity contribution in [3.05, 3.63) is 70.8 Å². The van der Waals surface area contributed by atoms with Crippen LogP contribution in [-0.2, 0) is 6.54 Å². The molecule has 0 radical (unpaired) electrons. The highest BCUT2D eigenvalue weighted by Crippen LogP contribution is 2.22. The van der Waals surface area contributed by atoms with Crippen LogP contribution in [0.5, 0.6) is 0 Å². The summed E-state index contributed by atoms with van der Waals surface area (Å²) in [6, 6.07) is 14.8. The van der Waals surface area contributed by atoms with Crippen molar-refractivity contribution in [1.82, 2.24) is 14.8 Å². The Morgan fingerprint density at radius 2 is 1.93 bits per heavy atom. The molecule has 4 aromatic rings. The van der Waals surface area contributed by atoms with Crippen molar-refractivity contribution < 1.29 is 4.79 Å². The van der Waals surface area contributed by atoms with Gasteiger partial charge in [-0.1, -0.05) is 32.0 Å². The van der Waals surface area contributed by atoms with Gasteiger partial charge in [0.25, 0.3) is 11.5 Å². The standard InChI is InChI=1S/C21H20N4O2/c1-13(2)12-25-10-9-14-11-15(7-8-18(14)25)22-21(27)19-16-5-3-4-6-17(16)20(26)24-23-19/h3-11,13H,12H2,1-2H3,(H,22,27)(H,24,26). The monoisotopic (exact) mass is 360 g/mol. The summed E-state index contributed by atoms with van der Waals surface area (Å²) >= 11 is 0. The highest BCUT2D eigenvalue weighted by molar-refractivity contribution is 6.11. The minimum atomic E-state index is -0.358. The van der Waals surface area contributed by atoms with Crippen molar-refractivity contribution in [3.63, 3.8) is 0 Å². The van der Waals surface area contributed by atoms with Gasteiger partial charge in [0.2, 0.25) is 0 Å². The predicted octanol–water partition coefficient (Wildman–Crippen LogP) is 3.79. The molecule has 0 unspecified atom stereocenters. The first kappa shape index (κ1) is 17.0. The maximum atomic E-state index is 12.7. The molecule has 0 atom stereocenters. The molecule has 0 fully saturated rings. The number of nitrogens with zero attached hydrogens (tertiary/aromatic N) is 2. The van der Waals surface area contributed by atoms with Gasteiger partial charge in [0.1, 0.15) is 0 Å². The lowest BCUT2D eigenvalue weighted by atomic mass is 10.1. The molecule has 2 aromatic heterocycles. The lowest BCUT2D eigenvalue weighted by molar-refractivity contribution is 0.102. The van der Waals surface area contributed by atoms with E-state index in [1.807, 2.05) is 24.3 Å². The van der Waals surface area contributed by atoms with E-state index in [-0.39, 0.29) is 17.2 Å². The topological polar surface area (TPSA) is 79.8 Å². The fraction of sp³-hybridized carbons (Fsp3) is 0.190. The van der Waals surface area contributed by atoms with Gasteiger partial charge in [-0.2, -0.15) is 5.10 Å². The van der Waals surface area contributed by atoms with Crippen LogP contribution in [0.3, 0.4) is 0 Å². The summed E-state index contributed by atoms with van der Waals surface area (Å²) in [7, 11) is 0. The first-order valence-corrected chi connectivity index (χ1v) is 8.90. The molecule has 0 saturated carbocycles. The molecule has 136 valence electrons. The highest BCUT2D eigenvalue weighted by atomic mass is 16.2. The van der Waals surface area contributed by atoms with Gasteiger partial charge in [-0.25, -0.2) is 5.10 Å². The Morgan fingerprint density at radius 1 is 1.15 bits per heavy atom. The first-order valence-electron chi connectivity index (χ1n) is 8.90. The van der Waals surface area contributed by atoms with E-state index < -0.39 is 0 Å². The van der Waals surface area contributed by atoms with Crippen LogP contribution in [0.1, 0.15) is 24.3 Å². The average Bonchev–Trinajstić information content (AvgIpc) is 3.03. The Balaban J connectivity index is 1.66. The Hall–Kier alpha value is -3.41. The first-order chi connectivity index (χ1) is 13.0. The number of carbonyl (C=O) groups is 1. The van der Waals surface area contributed by atoms with Crippen LogP contribution in [0.4, 0.5) is 5.69 Å². The number of H-pyrrole nitrogens is 1. The van der Waals surface area contributed by atoms with Crippen LogP contribution in [0, 0.1) is 5.92 Å². The van der Waals surface area contributed by atoms with Crippen molar-refractivity contribution in [3.8, 4) is 0 Å². The number of hydrogen-bond donors (Lipinski definition) is 2. The molecule has 27 heavy (non-hydrogen) atoms. The Bertz CT molecular complexity index is 1200. The van der Waals surface area contributed by atoms with Gasteiger partial charge < -0.3 is 9.88 Å². The largest absolute Gasteiger partial charge is 0.347 e. The van der Waals surface area contributed by atoms with Gasteiger partial charge in [-0.3, -0.25) is 9.59 Å². The molecule has 0 aliphatic heterocycles. The Kier molecular flexibility index (Phi) is 4.24. The van der Waals surface area contributed by atoms with Gasteiger partial charge in [0.15, 0.2) is 5.69 Å². The lowest BCUT2D eigenvalue weighted by Crippen LogP contribution is -2.19. The summed E-state index contributed by atoms with van der Waals surface area (Å²) in [5, 5.41) is 11.3. The number of hydrogen-bond acceptors (Lipinski definition) is 3. The molecular formula is C21H20N4O2. The average molecular weight is 360 g/mol. The number of rotatable bonds is 4. The molecule has 0 aliphatic rings. The second kappa shape index (κ2) is 6.72. The second-order valence-electron chi connectivity index (χ2n) is 7.04. The fourth-order valence-corrected chi connectivity index (χ4v) is 3.31. The summed E-state index contributed by atoms with van der Waals surface area (Å²) < 4.78 is 2.21. The van der Waals surface area contributed by atoms with Gasteiger partial charge in [0.05, 0.1) is 5.39 Å². The number of aromatic nitrogens is 3. The van der Waals surface area contributed by atoms with E-state index in [0.717, 1.165) is 17.4 Å². The van der Waals surface area contributed by atoms with Crippen LogP contribution < -0.4 is 10.9 Å². The lowest BCUT2D eigenvalue weighted by Gasteiger charge is -2.10.